The fraction of sp³-hybridized carbons (Fsp3) is 0.909. The lowest BCUT2D eigenvalue weighted by molar-refractivity contribution is -0.124. The van der Waals surface area contributed by atoms with E-state index in [9.17, 15) is 4.79 Å². The van der Waals surface area contributed by atoms with Crippen LogP contribution in [-0.4, -0.2) is 45.4 Å². The molecule has 0 aromatic rings. The van der Waals surface area contributed by atoms with E-state index in [2.05, 4.69) is 5.32 Å². The summed E-state index contributed by atoms with van der Waals surface area (Å²) >= 11 is 0. The zero-order chi connectivity index (χ0) is 12.6. The Labute approximate surface area is 97.7 Å². The Balaban J connectivity index is 3.95. The summed E-state index contributed by atoms with van der Waals surface area (Å²) in [7, 11) is 3.18. The number of hydrogen-bond acceptors (Lipinski definition) is 4. The smallest absolute Gasteiger partial charge is 0.237 e. The van der Waals surface area contributed by atoms with Crippen LogP contribution in [0.5, 0.6) is 0 Å². The van der Waals surface area contributed by atoms with E-state index in [1.807, 2.05) is 13.8 Å². The highest BCUT2D eigenvalue weighted by Crippen LogP contribution is 2.05. The molecule has 0 radical (unpaired) electrons. The number of hydrogen-bond donors (Lipinski definition) is 2. The van der Waals surface area contributed by atoms with Crippen LogP contribution in [0.1, 0.15) is 20.3 Å². The van der Waals surface area contributed by atoms with Crippen molar-refractivity contribution in [2.45, 2.75) is 32.4 Å². The Morgan fingerprint density at radius 2 is 2.06 bits per heavy atom. The van der Waals surface area contributed by atoms with E-state index in [1.54, 1.807) is 14.2 Å². The van der Waals surface area contributed by atoms with Gasteiger partial charge in [0.15, 0.2) is 0 Å². The van der Waals surface area contributed by atoms with Crippen molar-refractivity contribution in [2.24, 2.45) is 11.7 Å². The van der Waals surface area contributed by atoms with Gasteiger partial charge in [0.05, 0.1) is 18.8 Å². The lowest BCUT2D eigenvalue weighted by Crippen LogP contribution is -2.47. The number of carbonyl (C=O) groups excluding carboxylic acids is 1. The lowest BCUT2D eigenvalue weighted by Gasteiger charge is -2.20. The van der Waals surface area contributed by atoms with Gasteiger partial charge in [-0.05, 0) is 5.92 Å². The van der Waals surface area contributed by atoms with Crippen LogP contribution in [0.15, 0.2) is 0 Å². The third-order valence-electron chi connectivity index (χ3n) is 2.75. The van der Waals surface area contributed by atoms with Gasteiger partial charge >= 0.3 is 0 Å². The molecule has 0 spiro atoms. The Hall–Kier alpha value is -0.650. The zero-order valence-corrected chi connectivity index (χ0v) is 10.7. The van der Waals surface area contributed by atoms with Crippen LogP contribution in [0.25, 0.3) is 0 Å². The average Bonchev–Trinajstić information content (AvgIpc) is 2.31. The van der Waals surface area contributed by atoms with Gasteiger partial charge in [-0.2, -0.15) is 0 Å². The second-order valence-electron chi connectivity index (χ2n) is 3.97. The van der Waals surface area contributed by atoms with Gasteiger partial charge in [-0.15, -0.1) is 0 Å². The largest absolute Gasteiger partial charge is 0.382 e. The molecule has 3 atom stereocenters. The maximum atomic E-state index is 11.6. The number of ether oxygens (including phenoxy) is 2. The SMILES string of the molecule is CCC(C)C(N)C(=O)NCC(COC)OC. The second-order valence-corrected chi connectivity index (χ2v) is 3.97. The van der Waals surface area contributed by atoms with Crippen molar-refractivity contribution < 1.29 is 14.3 Å². The molecular weight excluding hydrogens is 208 g/mol. The first-order valence-corrected chi connectivity index (χ1v) is 5.61. The predicted molar refractivity (Wildman–Crippen MR) is 63.1 cm³/mol. The molecule has 0 rings (SSSR count). The lowest BCUT2D eigenvalue weighted by atomic mass is 9.99. The van der Waals surface area contributed by atoms with Crippen LogP contribution in [0.3, 0.4) is 0 Å². The molecule has 0 aliphatic rings. The third kappa shape index (κ3) is 5.44. The standard InChI is InChI=1S/C11H24N2O3/c1-5-8(2)10(12)11(14)13-6-9(16-4)7-15-3/h8-10H,5-7,12H2,1-4H3,(H,13,14). The van der Waals surface area contributed by atoms with E-state index in [1.165, 1.54) is 0 Å². The van der Waals surface area contributed by atoms with Crippen molar-refractivity contribution in [1.82, 2.24) is 5.32 Å². The molecule has 0 bridgehead atoms. The van der Waals surface area contributed by atoms with Crippen LogP contribution in [0.4, 0.5) is 0 Å². The first-order valence-electron chi connectivity index (χ1n) is 5.61. The zero-order valence-electron chi connectivity index (χ0n) is 10.7. The van der Waals surface area contributed by atoms with E-state index in [0.29, 0.717) is 13.2 Å². The average molecular weight is 232 g/mol. The molecule has 0 aliphatic carbocycles. The summed E-state index contributed by atoms with van der Waals surface area (Å²) in [6.45, 7) is 4.86. The molecule has 0 aromatic carbocycles. The maximum absolute atomic E-state index is 11.6. The van der Waals surface area contributed by atoms with Crippen molar-refractivity contribution in [3.8, 4) is 0 Å². The van der Waals surface area contributed by atoms with E-state index >= 15 is 0 Å². The summed E-state index contributed by atoms with van der Waals surface area (Å²) in [5.41, 5.74) is 5.79. The monoisotopic (exact) mass is 232 g/mol. The highest BCUT2D eigenvalue weighted by Gasteiger charge is 2.20. The van der Waals surface area contributed by atoms with Crippen LogP contribution >= 0.6 is 0 Å². The summed E-state index contributed by atoms with van der Waals surface area (Å²) in [4.78, 5) is 11.6. The molecule has 5 nitrogen and oxygen atoms in total. The van der Waals surface area contributed by atoms with Crippen molar-refractivity contribution >= 4 is 5.91 Å². The number of rotatable bonds is 8. The topological polar surface area (TPSA) is 73.6 Å². The molecule has 3 unspecified atom stereocenters. The second kappa shape index (κ2) is 8.50. The molecule has 1 amide bonds. The molecule has 0 aliphatic heterocycles. The van der Waals surface area contributed by atoms with Gasteiger partial charge in [-0.3, -0.25) is 4.79 Å². The molecule has 0 fully saturated rings. The van der Waals surface area contributed by atoms with Crippen LogP contribution in [0.2, 0.25) is 0 Å². The Morgan fingerprint density at radius 1 is 1.44 bits per heavy atom. The quantitative estimate of drug-likeness (QED) is 0.624. The van der Waals surface area contributed by atoms with Crippen LogP contribution in [0, 0.1) is 5.92 Å². The first-order chi connectivity index (χ1) is 7.56. The van der Waals surface area contributed by atoms with E-state index in [0.717, 1.165) is 6.42 Å². The fourth-order valence-electron chi connectivity index (χ4n) is 1.24. The van der Waals surface area contributed by atoms with Crippen LogP contribution < -0.4 is 11.1 Å². The Morgan fingerprint density at radius 3 is 2.50 bits per heavy atom. The van der Waals surface area contributed by atoms with Crippen molar-refractivity contribution in [3.63, 3.8) is 0 Å². The molecule has 0 saturated heterocycles. The predicted octanol–water partition coefficient (Wildman–Crippen LogP) is 0.137. The molecule has 0 saturated carbocycles. The number of amides is 1. The van der Waals surface area contributed by atoms with E-state index in [-0.39, 0.29) is 17.9 Å². The van der Waals surface area contributed by atoms with Gasteiger partial charge in [-0.25, -0.2) is 0 Å². The minimum Gasteiger partial charge on any atom is -0.382 e. The van der Waals surface area contributed by atoms with Gasteiger partial charge in [0.1, 0.15) is 0 Å². The first kappa shape index (κ1) is 15.3. The third-order valence-corrected chi connectivity index (χ3v) is 2.75. The van der Waals surface area contributed by atoms with E-state index in [4.69, 9.17) is 15.2 Å². The molecule has 3 N–H and O–H groups in total. The fourth-order valence-corrected chi connectivity index (χ4v) is 1.24. The normalized spacial score (nSPS) is 16.6. The molecule has 96 valence electrons. The van der Waals surface area contributed by atoms with Gasteiger partial charge in [0.25, 0.3) is 0 Å². The molecule has 5 heteroatoms. The van der Waals surface area contributed by atoms with Gasteiger partial charge in [0, 0.05) is 20.8 Å². The summed E-state index contributed by atoms with van der Waals surface area (Å²) in [5.74, 6) is 0.0518. The summed E-state index contributed by atoms with van der Waals surface area (Å²) < 4.78 is 10.1. The molecule has 0 heterocycles. The summed E-state index contributed by atoms with van der Waals surface area (Å²) in [5, 5.41) is 2.76. The maximum Gasteiger partial charge on any atom is 0.237 e. The van der Waals surface area contributed by atoms with Crippen molar-refractivity contribution in [3.05, 3.63) is 0 Å². The highest BCUT2D eigenvalue weighted by molar-refractivity contribution is 5.81. The van der Waals surface area contributed by atoms with Gasteiger partial charge in [-0.1, -0.05) is 20.3 Å². The summed E-state index contributed by atoms with van der Waals surface area (Å²) in [6.07, 6.45) is 0.762. The minimum absolute atomic E-state index is 0.127. The minimum atomic E-state index is -0.454. The molecular formula is C11H24N2O3. The van der Waals surface area contributed by atoms with Gasteiger partial charge in [0.2, 0.25) is 5.91 Å². The number of methoxy groups -OCH3 is 2. The van der Waals surface area contributed by atoms with Gasteiger partial charge < -0.3 is 20.5 Å². The van der Waals surface area contributed by atoms with Crippen molar-refractivity contribution in [2.75, 3.05) is 27.4 Å². The number of nitrogens with one attached hydrogen (secondary N) is 1. The Bertz CT molecular complexity index is 200. The molecule has 0 aromatic heterocycles. The molecule has 16 heavy (non-hydrogen) atoms. The van der Waals surface area contributed by atoms with Crippen molar-refractivity contribution in [1.29, 1.82) is 0 Å². The number of nitrogens with two attached hydrogens (primary N) is 1. The Kier molecular flexibility index (Phi) is 8.15. The van der Waals surface area contributed by atoms with E-state index < -0.39 is 6.04 Å². The van der Waals surface area contributed by atoms with Crippen LogP contribution in [-0.2, 0) is 14.3 Å². The highest BCUT2D eigenvalue weighted by atomic mass is 16.5. The number of carbonyl (C=O) groups is 1. The summed E-state index contributed by atoms with van der Waals surface area (Å²) in [6, 6.07) is -0.454.